The van der Waals surface area contributed by atoms with Crippen LogP contribution in [0.2, 0.25) is 0 Å². The minimum atomic E-state index is 0.00664. The minimum Gasteiger partial charge on any atom is -0.497 e. The number of benzene rings is 1. The van der Waals surface area contributed by atoms with Gasteiger partial charge in [0.25, 0.3) is 0 Å². The van der Waals surface area contributed by atoms with Gasteiger partial charge in [-0.2, -0.15) is 0 Å². The number of rotatable bonds is 9. The quantitative estimate of drug-likeness (QED) is 0.392. The molecule has 0 atom stereocenters. The van der Waals surface area contributed by atoms with Crippen LogP contribution in [0.4, 0.5) is 0 Å². The molecule has 0 aliphatic rings. The number of carbonyl (C=O) groups excluding carboxylic acids is 1. The lowest BCUT2D eigenvalue weighted by Gasteiger charge is -2.24. The van der Waals surface area contributed by atoms with E-state index in [0.717, 1.165) is 30.3 Å². The van der Waals surface area contributed by atoms with E-state index in [0.29, 0.717) is 5.56 Å². The SMILES string of the molecule is C=CCN(CCC)/C(=C/C(=O)c1ccc(OC)cc1)SC. The summed E-state index contributed by atoms with van der Waals surface area (Å²) in [6, 6.07) is 7.17. The lowest BCUT2D eigenvalue weighted by Crippen LogP contribution is -2.23. The summed E-state index contributed by atoms with van der Waals surface area (Å²) >= 11 is 1.58. The summed E-state index contributed by atoms with van der Waals surface area (Å²) in [6.45, 7) is 7.56. The molecule has 0 aliphatic heterocycles. The maximum atomic E-state index is 12.3. The normalized spacial score (nSPS) is 11.1. The molecule has 0 amide bonds. The number of hydrogen-bond acceptors (Lipinski definition) is 4. The van der Waals surface area contributed by atoms with Gasteiger partial charge in [0.15, 0.2) is 5.78 Å². The molecular formula is C17H23NO2S. The Labute approximate surface area is 131 Å². The topological polar surface area (TPSA) is 29.5 Å². The molecule has 0 saturated heterocycles. The first-order valence-electron chi connectivity index (χ1n) is 6.96. The van der Waals surface area contributed by atoms with Gasteiger partial charge in [0.2, 0.25) is 0 Å². The highest BCUT2D eigenvalue weighted by Gasteiger charge is 2.10. The van der Waals surface area contributed by atoms with Crippen LogP contribution in [0.5, 0.6) is 5.75 Å². The van der Waals surface area contributed by atoms with E-state index in [9.17, 15) is 4.79 Å². The van der Waals surface area contributed by atoms with Gasteiger partial charge in [-0.3, -0.25) is 4.79 Å². The van der Waals surface area contributed by atoms with Crippen molar-refractivity contribution in [2.45, 2.75) is 13.3 Å². The molecule has 0 spiro atoms. The van der Waals surface area contributed by atoms with Crippen LogP contribution >= 0.6 is 11.8 Å². The maximum Gasteiger partial charge on any atom is 0.188 e. The van der Waals surface area contributed by atoms with Crippen LogP contribution in [0.1, 0.15) is 23.7 Å². The number of hydrogen-bond donors (Lipinski definition) is 0. The Morgan fingerprint density at radius 1 is 1.38 bits per heavy atom. The van der Waals surface area contributed by atoms with Crippen molar-refractivity contribution >= 4 is 17.5 Å². The molecule has 0 N–H and O–H groups in total. The van der Waals surface area contributed by atoms with Gasteiger partial charge in [0, 0.05) is 24.7 Å². The van der Waals surface area contributed by atoms with E-state index >= 15 is 0 Å². The number of thioether (sulfide) groups is 1. The number of allylic oxidation sites excluding steroid dienone is 1. The van der Waals surface area contributed by atoms with Gasteiger partial charge in [-0.05, 0) is 36.9 Å². The molecule has 0 aromatic heterocycles. The summed E-state index contributed by atoms with van der Waals surface area (Å²) in [7, 11) is 1.61. The standard InChI is InChI=1S/C17H23NO2S/c1-5-11-18(12-6-2)17(21-4)13-16(19)14-7-9-15(20-3)10-8-14/h5,7-10,13H,1,6,11-12H2,2-4H3/b17-13-. The second-order valence-electron chi connectivity index (χ2n) is 4.51. The van der Waals surface area contributed by atoms with Crippen molar-refractivity contribution in [1.29, 1.82) is 0 Å². The monoisotopic (exact) mass is 305 g/mol. The van der Waals surface area contributed by atoms with E-state index in [-0.39, 0.29) is 5.78 Å². The van der Waals surface area contributed by atoms with E-state index in [1.165, 1.54) is 0 Å². The van der Waals surface area contributed by atoms with Crippen molar-refractivity contribution in [3.63, 3.8) is 0 Å². The highest BCUT2D eigenvalue weighted by atomic mass is 32.2. The van der Waals surface area contributed by atoms with Gasteiger partial charge in [0.05, 0.1) is 12.1 Å². The highest BCUT2D eigenvalue weighted by Crippen LogP contribution is 2.20. The highest BCUT2D eigenvalue weighted by molar-refractivity contribution is 8.02. The number of carbonyl (C=O) groups is 1. The van der Waals surface area contributed by atoms with Gasteiger partial charge in [-0.25, -0.2) is 0 Å². The van der Waals surface area contributed by atoms with Gasteiger partial charge in [-0.15, -0.1) is 18.3 Å². The van der Waals surface area contributed by atoms with Crippen molar-refractivity contribution in [3.05, 3.63) is 53.6 Å². The van der Waals surface area contributed by atoms with E-state index in [2.05, 4.69) is 18.4 Å². The zero-order valence-corrected chi connectivity index (χ0v) is 13.8. The van der Waals surface area contributed by atoms with Crippen molar-refractivity contribution in [2.75, 3.05) is 26.5 Å². The molecule has 3 nitrogen and oxygen atoms in total. The third-order valence-electron chi connectivity index (χ3n) is 2.99. The molecule has 114 valence electrons. The lowest BCUT2D eigenvalue weighted by molar-refractivity contribution is 0.104. The molecule has 1 rings (SSSR count). The molecule has 0 unspecified atom stereocenters. The van der Waals surface area contributed by atoms with Crippen LogP contribution in [0.25, 0.3) is 0 Å². The Kier molecular flexibility index (Phi) is 7.69. The predicted molar refractivity (Wildman–Crippen MR) is 91.0 cm³/mol. The fourth-order valence-corrected chi connectivity index (χ4v) is 2.60. The first kappa shape index (κ1) is 17.4. The molecule has 0 aliphatic carbocycles. The van der Waals surface area contributed by atoms with Crippen molar-refractivity contribution in [3.8, 4) is 5.75 Å². The lowest BCUT2D eigenvalue weighted by atomic mass is 10.1. The fraction of sp³-hybridized carbons (Fsp3) is 0.353. The fourth-order valence-electron chi connectivity index (χ4n) is 1.95. The zero-order chi connectivity index (χ0) is 15.7. The molecule has 0 bridgehead atoms. The van der Waals surface area contributed by atoms with Crippen LogP contribution in [-0.4, -0.2) is 37.1 Å². The third-order valence-corrected chi connectivity index (χ3v) is 3.79. The number of ketones is 1. The molecule has 4 heteroatoms. The summed E-state index contributed by atoms with van der Waals surface area (Å²) in [5.74, 6) is 0.757. The first-order chi connectivity index (χ1) is 10.2. The summed E-state index contributed by atoms with van der Waals surface area (Å²) in [5.41, 5.74) is 0.664. The summed E-state index contributed by atoms with van der Waals surface area (Å²) in [4.78, 5) is 14.5. The molecule has 0 heterocycles. The smallest absolute Gasteiger partial charge is 0.188 e. The Morgan fingerprint density at radius 2 is 2.05 bits per heavy atom. The number of ether oxygens (including phenoxy) is 1. The second kappa shape index (κ2) is 9.29. The Bertz CT molecular complexity index is 494. The van der Waals surface area contributed by atoms with Gasteiger partial charge < -0.3 is 9.64 Å². The van der Waals surface area contributed by atoms with Crippen LogP contribution in [-0.2, 0) is 0 Å². The molecule has 0 saturated carbocycles. The van der Waals surface area contributed by atoms with Crippen LogP contribution in [0.15, 0.2) is 48.0 Å². The largest absolute Gasteiger partial charge is 0.497 e. The predicted octanol–water partition coefficient (Wildman–Crippen LogP) is 3.98. The average molecular weight is 305 g/mol. The number of methoxy groups -OCH3 is 1. The summed E-state index contributed by atoms with van der Waals surface area (Å²) < 4.78 is 5.10. The van der Waals surface area contributed by atoms with Crippen LogP contribution in [0, 0.1) is 0 Å². The van der Waals surface area contributed by atoms with Gasteiger partial charge in [0.1, 0.15) is 5.75 Å². The Balaban J connectivity index is 2.93. The van der Waals surface area contributed by atoms with Crippen molar-refractivity contribution in [1.82, 2.24) is 4.90 Å². The summed E-state index contributed by atoms with van der Waals surface area (Å²) in [6.07, 6.45) is 6.57. The van der Waals surface area contributed by atoms with Crippen molar-refractivity contribution < 1.29 is 9.53 Å². The van der Waals surface area contributed by atoms with E-state index < -0.39 is 0 Å². The Morgan fingerprint density at radius 3 is 2.52 bits per heavy atom. The van der Waals surface area contributed by atoms with E-state index in [1.54, 1.807) is 49.2 Å². The second-order valence-corrected chi connectivity index (χ2v) is 5.34. The molecule has 0 fully saturated rings. The maximum absolute atomic E-state index is 12.3. The van der Waals surface area contributed by atoms with Gasteiger partial charge in [-0.1, -0.05) is 13.0 Å². The zero-order valence-electron chi connectivity index (χ0n) is 13.0. The molecular weight excluding hydrogens is 282 g/mol. The van der Waals surface area contributed by atoms with E-state index in [4.69, 9.17) is 4.74 Å². The molecule has 1 aromatic rings. The van der Waals surface area contributed by atoms with Crippen LogP contribution < -0.4 is 4.74 Å². The number of nitrogens with zero attached hydrogens (tertiary/aromatic N) is 1. The third kappa shape index (κ3) is 5.31. The molecule has 21 heavy (non-hydrogen) atoms. The molecule has 0 radical (unpaired) electrons. The Hall–Kier alpha value is -1.68. The molecule has 1 aromatic carbocycles. The average Bonchev–Trinajstić information content (AvgIpc) is 2.52. The minimum absolute atomic E-state index is 0.00664. The summed E-state index contributed by atoms with van der Waals surface area (Å²) in [5, 5.41) is 0.970. The first-order valence-corrected chi connectivity index (χ1v) is 8.18. The van der Waals surface area contributed by atoms with Gasteiger partial charge >= 0.3 is 0 Å². The van der Waals surface area contributed by atoms with Crippen molar-refractivity contribution in [2.24, 2.45) is 0 Å². The van der Waals surface area contributed by atoms with Crippen LogP contribution in [0.3, 0.4) is 0 Å². The van der Waals surface area contributed by atoms with E-state index in [1.807, 2.05) is 12.3 Å².